The van der Waals surface area contributed by atoms with Crippen molar-refractivity contribution < 1.29 is 13.5 Å². The van der Waals surface area contributed by atoms with Gasteiger partial charge in [-0.25, -0.2) is 16.9 Å². The number of imidazole rings is 1. The Balaban J connectivity index is 1.62. The summed E-state index contributed by atoms with van der Waals surface area (Å²) in [4.78, 5) is 22.3. The first-order valence-electron chi connectivity index (χ1n) is 10.4. The molecule has 9 nitrogen and oxygen atoms in total. The Kier molecular flexibility index (Phi) is 6.01. The summed E-state index contributed by atoms with van der Waals surface area (Å²) in [6.45, 7) is 5.75. The van der Waals surface area contributed by atoms with Crippen LogP contribution in [0.1, 0.15) is 30.1 Å². The number of nitrogens with zero attached hydrogens (tertiary/aromatic N) is 8. The van der Waals surface area contributed by atoms with Crippen molar-refractivity contribution >= 4 is 40.8 Å². The third kappa shape index (κ3) is 4.24. The fraction of sp³-hybridized carbons (Fsp3) is 0.579. The number of hydrogen-bond acceptors (Lipinski definition) is 8. The number of alkyl halides is 2. The number of allylic oxidation sites excluding steroid dienone is 1. The molecule has 4 heterocycles. The van der Waals surface area contributed by atoms with Crippen molar-refractivity contribution in [1.82, 2.24) is 27.6 Å². The zero-order valence-electron chi connectivity index (χ0n) is 16.9. The fourth-order valence-corrected chi connectivity index (χ4v) is 4.45. The van der Waals surface area contributed by atoms with Crippen LogP contribution in [-0.4, -0.2) is 80.1 Å². The number of anilines is 2. The van der Waals surface area contributed by atoms with E-state index in [-0.39, 0.29) is 11.8 Å². The van der Waals surface area contributed by atoms with Crippen LogP contribution in [0.5, 0.6) is 0 Å². The van der Waals surface area contributed by atoms with Crippen molar-refractivity contribution in [3.8, 4) is 5.95 Å². The van der Waals surface area contributed by atoms with Gasteiger partial charge in [0.25, 0.3) is 6.43 Å². The molecule has 0 N–H and O–H groups in total. The molecule has 2 aromatic heterocycles. The van der Waals surface area contributed by atoms with Crippen LogP contribution in [0.25, 0.3) is 12.0 Å². The second kappa shape index (κ2) is 8.90. The van der Waals surface area contributed by atoms with Crippen molar-refractivity contribution in [1.29, 1.82) is 0 Å². The van der Waals surface area contributed by atoms with Gasteiger partial charge in [0.1, 0.15) is 0 Å². The van der Waals surface area contributed by atoms with Crippen molar-refractivity contribution in [2.24, 2.45) is 0 Å². The molecule has 0 unspecified atom stereocenters. The lowest BCUT2D eigenvalue weighted by Crippen LogP contribution is -2.43. The van der Waals surface area contributed by atoms with Gasteiger partial charge in [-0.15, -0.1) is 0 Å². The van der Waals surface area contributed by atoms with E-state index in [2.05, 4.69) is 45.8 Å². The topological polar surface area (TPSA) is 75.4 Å². The van der Waals surface area contributed by atoms with Crippen LogP contribution < -0.4 is 9.80 Å². The first-order chi connectivity index (χ1) is 15.1. The number of ether oxygens (including phenoxy) is 1. The molecule has 0 saturated carbocycles. The lowest BCUT2D eigenvalue weighted by atomic mass is 10.1. The SMILES string of the molecule is FC(F)c1nc2c(n1-c1nc(N3CCOCC3)nc(N3CCN(I)CC3)n1)CCC=C2. The standard InChI is InChI=1S/C19H23F2IN8O/c20-15(21)16-23-13-3-1-2-4-14(13)30(16)19-25-17(27-5-7-29(22)8-6-27)24-18(26-19)28-9-11-31-12-10-28/h1,3,15H,2,4-12H2. The number of rotatable bonds is 4. The Morgan fingerprint density at radius 1 is 0.871 bits per heavy atom. The van der Waals surface area contributed by atoms with Crippen LogP contribution >= 0.6 is 22.9 Å². The molecule has 3 aliphatic rings. The maximum absolute atomic E-state index is 13.9. The van der Waals surface area contributed by atoms with Gasteiger partial charge in [-0.1, -0.05) is 6.08 Å². The zero-order valence-corrected chi connectivity index (χ0v) is 19.1. The van der Waals surface area contributed by atoms with Crippen molar-refractivity contribution in [2.75, 3.05) is 62.3 Å². The molecule has 2 aliphatic heterocycles. The highest BCUT2D eigenvalue weighted by Gasteiger charge is 2.28. The van der Waals surface area contributed by atoms with Gasteiger partial charge in [0, 0.05) is 62.1 Å². The maximum Gasteiger partial charge on any atom is 0.296 e. The molecule has 0 bridgehead atoms. The van der Waals surface area contributed by atoms with Crippen molar-refractivity contribution in [3.63, 3.8) is 0 Å². The Bertz CT molecular complexity index is 970. The predicted octanol–water partition coefficient (Wildman–Crippen LogP) is 2.26. The van der Waals surface area contributed by atoms with Gasteiger partial charge in [0.2, 0.25) is 17.8 Å². The number of piperazine rings is 1. The molecule has 0 atom stereocenters. The highest BCUT2D eigenvalue weighted by Crippen LogP contribution is 2.30. The summed E-state index contributed by atoms with van der Waals surface area (Å²) in [6.07, 6.45) is 2.41. The molecule has 2 aromatic rings. The summed E-state index contributed by atoms with van der Waals surface area (Å²) in [5.74, 6) is 0.903. The molecule has 0 radical (unpaired) electrons. The highest BCUT2D eigenvalue weighted by atomic mass is 127. The second-order valence-corrected chi connectivity index (χ2v) is 8.98. The molecule has 31 heavy (non-hydrogen) atoms. The monoisotopic (exact) mass is 544 g/mol. The molecule has 0 aromatic carbocycles. The predicted molar refractivity (Wildman–Crippen MR) is 120 cm³/mol. The van der Waals surface area contributed by atoms with E-state index in [0.29, 0.717) is 50.3 Å². The van der Waals surface area contributed by atoms with Gasteiger partial charge in [0.05, 0.1) is 24.6 Å². The molecular weight excluding hydrogens is 521 g/mol. The number of fused-ring (bicyclic) bond motifs is 1. The molecule has 0 spiro atoms. The Labute approximate surface area is 192 Å². The van der Waals surface area contributed by atoms with Crippen molar-refractivity contribution in [3.05, 3.63) is 23.3 Å². The van der Waals surface area contributed by atoms with Crippen molar-refractivity contribution in [2.45, 2.75) is 19.3 Å². The zero-order chi connectivity index (χ0) is 21.4. The van der Waals surface area contributed by atoms with Crippen LogP contribution in [0.15, 0.2) is 6.08 Å². The Morgan fingerprint density at radius 2 is 1.52 bits per heavy atom. The Hall–Kier alpha value is -1.93. The highest BCUT2D eigenvalue weighted by molar-refractivity contribution is 14.1. The number of morpholine rings is 1. The second-order valence-electron chi connectivity index (χ2n) is 7.61. The largest absolute Gasteiger partial charge is 0.378 e. The van der Waals surface area contributed by atoms with E-state index < -0.39 is 6.43 Å². The minimum absolute atomic E-state index is 0.211. The Morgan fingerprint density at radius 3 is 2.19 bits per heavy atom. The van der Waals surface area contributed by atoms with E-state index in [1.807, 2.05) is 11.0 Å². The summed E-state index contributed by atoms with van der Waals surface area (Å²) >= 11 is 2.31. The van der Waals surface area contributed by atoms with Gasteiger partial charge in [-0.05, 0) is 18.9 Å². The average molecular weight is 544 g/mol. The van der Waals surface area contributed by atoms with Gasteiger partial charge in [0.15, 0.2) is 5.82 Å². The van der Waals surface area contributed by atoms with E-state index >= 15 is 0 Å². The van der Waals surface area contributed by atoms with Gasteiger partial charge in [-0.2, -0.15) is 15.0 Å². The minimum Gasteiger partial charge on any atom is -0.378 e. The summed E-state index contributed by atoms with van der Waals surface area (Å²) < 4.78 is 37.0. The smallest absolute Gasteiger partial charge is 0.296 e. The molecule has 5 rings (SSSR count). The summed E-state index contributed by atoms with van der Waals surface area (Å²) in [5, 5.41) is 0. The maximum atomic E-state index is 13.9. The number of halogens is 3. The summed E-state index contributed by atoms with van der Waals surface area (Å²) in [5.41, 5.74) is 1.29. The van der Waals surface area contributed by atoms with E-state index in [4.69, 9.17) is 9.72 Å². The van der Waals surface area contributed by atoms with Crippen LogP contribution in [-0.2, 0) is 11.2 Å². The average Bonchev–Trinajstić information content (AvgIpc) is 3.20. The van der Waals surface area contributed by atoms with Crippen LogP contribution in [0.3, 0.4) is 0 Å². The lowest BCUT2D eigenvalue weighted by molar-refractivity contribution is 0.122. The normalized spacial score (nSPS) is 19.9. The molecule has 0 amide bonds. The molecule has 2 saturated heterocycles. The number of aromatic nitrogens is 5. The van der Waals surface area contributed by atoms with Gasteiger partial charge in [-0.3, -0.25) is 4.57 Å². The minimum atomic E-state index is -2.73. The molecular formula is C19H23F2IN8O. The first-order valence-corrected chi connectivity index (χ1v) is 11.4. The number of hydrogen-bond donors (Lipinski definition) is 0. The third-order valence-electron chi connectivity index (χ3n) is 5.65. The molecule has 1 aliphatic carbocycles. The van der Waals surface area contributed by atoms with Gasteiger partial charge >= 0.3 is 0 Å². The molecule has 12 heteroatoms. The van der Waals surface area contributed by atoms with Crippen LogP contribution in [0.4, 0.5) is 20.7 Å². The van der Waals surface area contributed by atoms with E-state index in [0.717, 1.165) is 38.3 Å². The van der Waals surface area contributed by atoms with E-state index in [1.165, 1.54) is 4.57 Å². The molecule has 2 fully saturated rings. The van der Waals surface area contributed by atoms with Crippen LogP contribution in [0, 0.1) is 0 Å². The van der Waals surface area contributed by atoms with E-state index in [1.54, 1.807) is 6.08 Å². The third-order valence-corrected chi connectivity index (χ3v) is 6.62. The van der Waals surface area contributed by atoms with E-state index in [9.17, 15) is 8.78 Å². The lowest BCUT2D eigenvalue weighted by Gasteiger charge is -2.32. The van der Waals surface area contributed by atoms with Crippen LogP contribution in [0.2, 0.25) is 0 Å². The molecule has 166 valence electrons. The summed E-state index contributed by atoms with van der Waals surface area (Å²) in [7, 11) is 0. The summed E-state index contributed by atoms with van der Waals surface area (Å²) in [6, 6.07) is 0. The fourth-order valence-electron chi connectivity index (χ4n) is 4.02. The van der Waals surface area contributed by atoms with Gasteiger partial charge < -0.3 is 14.5 Å². The quantitative estimate of drug-likeness (QED) is 0.429. The first kappa shape index (κ1) is 20.9.